The first-order chi connectivity index (χ1) is 19.2. The van der Waals surface area contributed by atoms with Gasteiger partial charge in [-0.25, -0.2) is 13.6 Å². The van der Waals surface area contributed by atoms with E-state index in [1.54, 1.807) is 11.0 Å². The minimum atomic E-state index is -1.86. The molecule has 13 heteroatoms. The molecule has 0 unspecified atom stereocenters. The number of carbonyl (C=O) groups excluding carboxylic acids is 3. The highest BCUT2D eigenvalue weighted by molar-refractivity contribution is 6.10. The molecule has 208 valence electrons. The molecule has 0 bridgehead atoms. The van der Waals surface area contributed by atoms with Crippen molar-refractivity contribution >= 4 is 23.7 Å². The molecule has 0 radical (unpaired) electrons. The molecular formula is C27H26F2N6O5. The number of carbonyl (C=O) groups is 3. The third kappa shape index (κ3) is 4.66. The first kappa shape index (κ1) is 26.9. The average Bonchev–Trinajstić information content (AvgIpc) is 3.40. The zero-order valence-electron chi connectivity index (χ0n) is 21.7. The molecule has 3 aliphatic heterocycles. The lowest BCUT2D eigenvalue weighted by Crippen LogP contribution is -2.54. The Balaban J connectivity index is 1.42. The summed E-state index contributed by atoms with van der Waals surface area (Å²) in [7, 11) is 1.28. The summed E-state index contributed by atoms with van der Waals surface area (Å²) in [6.45, 7) is 3.34. The van der Waals surface area contributed by atoms with Crippen LogP contribution in [0.5, 0.6) is 5.75 Å². The number of nitrogens with one attached hydrogen (secondary N) is 3. The lowest BCUT2D eigenvalue weighted by atomic mass is 9.98. The zero-order chi connectivity index (χ0) is 28.6. The van der Waals surface area contributed by atoms with Crippen LogP contribution in [0.1, 0.15) is 34.0 Å². The highest BCUT2D eigenvalue weighted by atomic mass is 19.1. The number of urea groups is 1. The number of benzene rings is 2. The van der Waals surface area contributed by atoms with Crippen molar-refractivity contribution in [3.63, 3.8) is 0 Å². The second kappa shape index (κ2) is 10.5. The molecule has 5 rings (SSSR count). The van der Waals surface area contributed by atoms with Gasteiger partial charge in [-0.3, -0.25) is 14.9 Å². The lowest BCUT2D eigenvalue weighted by molar-refractivity contribution is -0.122. The van der Waals surface area contributed by atoms with Crippen LogP contribution in [-0.2, 0) is 11.3 Å². The SMILES string of the molecule is COc1ccc2c(c1F)C(=O)N(C[C@@]1(C#Cc3ccc(/C(=N/O)N4CCNC[C@@H]4C)c(F)c3)NC(=O)NC1=O)C2. The van der Waals surface area contributed by atoms with Crippen molar-refractivity contribution in [3.05, 3.63) is 64.2 Å². The van der Waals surface area contributed by atoms with Gasteiger partial charge in [-0.15, -0.1) is 0 Å². The van der Waals surface area contributed by atoms with E-state index in [1.807, 2.05) is 6.92 Å². The van der Waals surface area contributed by atoms with Gasteiger partial charge in [0.1, 0.15) is 5.82 Å². The van der Waals surface area contributed by atoms with Gasteiger partial charge in [0.2, 0.25) is 5.54 Å². The molecule has 2 aromatic carbocycles. The molecule has 40 heavy (non-hydrogen) atoms. The molecule has 4 amide bonds. The average molecular weight is 553 g/mol. The number of piperazine rings is 1. The number of methoxy groups -OCH3 is 1. The predicted octanol–water partition coefficient (Wildman–Crippen LogP) is 0.989. The van der Waals surface area contributed by atoms with Crippen molar-refractivity contribution in [1.29, 1.82) is 0 Å². The number of fused-ring (bicyclic) bond motifs is 1. The number of hydrogen-bond acceptors (Lipinski definition) is 7. The fraction of sp³-hybridized carbons (Fsp3) is 0.333. The van der Waals surface area contributed by atoms with Crippen LogP contribution < -0.4 is 20.7 Å². The Labute approximate surface area is 228 Å². The second-order valence-corrected chi connectivity index (χ2v) is 9.71. The summed E-state index contributed by atoms with van der Waals surface area (Å²) in [6.07, 6.45) is 0. The van der Waals surface area contributed by atoms with Crippen molar-refractivity contribution in [1.82, 2.24) is 25.8 Å². The maximum absolute atomic E-state index is 15.2. The molecule has 3 aliphatic rings. The molecular weight excluding hydrogens is 526 g/mol. The molecule has 2 fully saturated rings. The van der Waals surface area contributed by atoms with Crippen LogP contribution in [0, 0.1) is 23.5 Å². The van der Waals surface area contributed by atoms with E-state index < -0.39 is 35.0 Å². The number of imide groups is 1. The molecule has 0 aromatic heterocycles. The van der Waals surface area contributed by atoms with Crippen molar-refractivity contribution in [2.45, 2.75) is 25.0 Å². The summed E-state index contributed by atoms with van der Waals surface area (Å²) in [5, 5.41) is 20.7. The van der Waals surface area contributed by atoms with Gasteiger partial charge in [-0.2, -0.15) is 0 Å². The first-order valence-electron chi connectivity index (χ1n) is 12.5. The number of amidine groups is 1. The van der Waals surface area contributed by atoms with E-state index in [1.165, 1.54) is 30.2 Å². The number of rotatable bonds is 4. The first-order valence-corrected chi connectivity index (χ1v) is 12.5. The normalized spacial score (nSPS) is 22.4. The molecule has 11 nitrogen and oxygen atoms in total. The molecule has 3 heterocycles. The highest BCUT2D eigenvalue weighted by Crippen LogP contribution is 2.32. The van der Waals surface area contributed by atoms with Gasteiger partial charge >= 0.3 is 6.03 Å². The number of halogens is 2. The van der Waals surface area contributed by atoms with Gasteiger partial charge in [0.05, 0.1) is 24.8 Å². The third-order valence-corrected chi connectivity index (χ3v) is 7.14. The van der Waals surface area contributed by atoms with Gasteiger partial charge in [0, 0.05) is 37.8 Å². The summed E-state index contributed by atoms with van der Waals surface area (Å²) in [4.78, 5) is 41.0. The van der Waals surface area contributed by atoms with Gasteiger partial charge < -0.3 is 30.4 Å². The Bertz CT molecular complexity index is 1500. The van der Waals surface area contributed by atoms with Crippen molar-refractivity contribution in [2.24, 2.45) is 5.16 Å². The Morgan fingerprint density at radius 3 is 2.70 bits per heavy atom. The van der Waals surface area contributed by atoms with Gasteiger partial charge in [-0.1, -0.05) is 23.1 Å². The van der Waals surface area contributed by atoms with Crippen LogP contribution in [0.2, 0.25) is 0 Å². The Morgan fingerprint density at radius 2 is 2.05 bits per heavy atom. The highest BCUT2D eigenvalue weighted by Gasteiger charge is 2.48. The molecule has 2 saturated heterocycles. The van der Waals surface area contributed by atoms with Crippen LogP contribution in [0.3, 0.4) is 0 Å². The topological polar surface area (TPSA) is 136 Å². The minimum Gasteiger partial charge on any atom is -0.494 e. The largest absolute Gasteiger partial charge is 0.494 e. The fourth-order valence-electron chi connectivity index (χ4n) is 5.07. The zero-order valence-corrected chi connectivity index (χ0v) is 21.7. The predicted molar refractivity (Wildman–Crippen MR) is 138 cm³/mol. The van der Waals surface area contributed by atoms with Crippen molar-refractivity contribution in [3.8, 4) is 17.6 Å². The van der Waals surface area contributed by atoms with E-state index in [2.05, 4.69) is 32.9 Å². The van der Waals surface area contributed by atoms with Crippen LogP contribution in [0.4, 0.5) is 13.6 Å². The Hall–Kier alpha value is -4.70. The molecule has 0 saturated carbocycles. The molecule has 2 aromatic rings. The van der Waals surface area contributed by atoms with E-state index in [9.17, 15) is 24.0 Å². The standard InChI is InChI=1S/C27H26F2N6O5/c1-15-12-30-9-10-35(15)23(33-39)18-5-3-16(11-19(18)28)7-8-27(25(37)31-26(38)32-27)14-34-13-17-4-6-20(40-2)22(29)21(17)24(34)36/h3-6,11,15,30,39H,9-10,12-14H2,1-2H3,(H2,31,32,37,38)/b33-23-/t15-,27+/m0/s1. The monoisotopic (exact) mass is 552 g/mol. The van der Waals surface area contributed by atoms with Gasteiger partial charge in [0.15, 0.2) is 17.4 Å². The fourth-order valence-corrected chi connectivity index (χ4v) is 5.07. The van der Waals surface area contributed by atoms with Crippen LogP contribution >= 0.6 is 0 Å². The van der Waals surface area contributed by atoms with E-state index in [0.717, 1.165) is 6.07 Å². The number of hydrogen-bond donors (Lipinski definition) is 4. The van der Waals surface area contributed by atoms with Crippen LogP contribution in [0.15, 0.2) is 35.5 Å². The number of amides is 4. The van der Waals surface area contributed by atoms with Crippen LogP contribution in [0.25, 0.3) is 0 Å². The Morgan fingerprint density at radius 1 is 1.25 bits per heavy atom. The van der Waals surface area contributed by atoms with Gasteiger partial charge in [0.25, 0.3) is 11.8 Å². The maximum atomic E-state index is 15.2. The van der Waals surface area contributed by atoms with Crippen molar-refractivity contribution in [2.75, 3.05) is 33.3 Å². The summed E-state index contributed by atoms with van der Waals surface area (Å²) in [5.74, 6) is 2.39. The number of nitrogens with zero attached hydrogens (tertiary/aromatic N) is 3. The third-order valence-electron chi connectivity index (χ3n) is 7.14. The number of ether oxygens (including phenoxy) is 1. The smallest absolute Gasteiger partial charge is 0.323 e. The van der Waals surface area contributed by atoms with E-state index in [4.69, 9.17) is 4.74 Å². The minimum absolute atomic E-state index is 0.0152. The molecule has 0 spiro atoms. The maximum Gasteiger partial charge on any atom is 0.323 e. The van der Waals surface area contributed by atoms with Crippen LogP contribution in [-0.4, -0.2) is 83.6 Å². The second-order valence-electron chi connectivity index (χ2n) is 9.71. The summed E-state index contributed by atoms with van der Waals surface area (Å²) in [6, 6.07) is 6.14. The lowest BCUT2D eigenvalue weighted by Gasteiger charge is -2.35. The summed E-state index contributed by atoms with van der Waals surface area (Å²) < 4.78 is 34.9. The quantitative estimate of drug-likeness (QED) is 0.111. The Kier molecular flexibility index (Phi) is 7.03. The number of oxime groups is 1. The van der Waals surface area contributed by atoms with E-state index in [0.29, 0.717) is 25.2 Å². The van der Waals surface area contributed by atoms with E-state index in [-0.39, 0.29) is 47.4 Å². The molecule has 4 N–H and O–H groups in total. The summed E-state index contributed by atoms with van der Waals surface area (Å²) >= 11 is 0. The van der Waals surface area contributed by atoms with E-state index >= 15 is 4.39 Å². The van der Waals surface area contributed by atoms with Crippen molar-refractivity contribution < 1.29 is 33.1 Å². The molecule has 2 atom stereocenters. The van der Waals surface area contributed by atoms with Gasteiger partial charge in [-0.05, 0) is 36.8 Å². The summed E-state index contributed by atoms with van der Waals surface area (Å²) in [5.41, 5.74) is -1.40. The molecule has 0 aliphatic carbocycles.